The molecule has 0 aliphatic carbocycles. The van der Waals surface area contributed by atoms with Gasteiger partial charge in [-0.1, -0.05) is 0 Å². The van der Waals surface area contributed by atoms with Crippen LogP contribution in [0.3, 0.4) is 0 Å². The highest BCUT2D eigenvalue weighted by molar-refractivity contribution is 5.44. The molecule has 2 heterocycles. The molecule has 2 aromatic heterocycles. The second-order valence-corrected chi connectivity index (χ2v) is 3.89. The normalized spacial score (nSPS) is 10.3. The minimum atomic E-state index is -0.440. The minimum Gasteiger partial charge on any atom is -0.364 e. The van der Waals surface area contributed by atoms with Crippen LogP contribution < -0.4 is 5.32 Å². The van der Waals surface area contributed by atoms with Crippen LogP contribution >= 0.6 is 0 Å². The third-order valence-electron chi connectivity index (χ3n) is 2.47. The van der Waals surface area contributed by atoms with Gasteiger partial charge < -0.3 is 5.32 Å². The van der Waals surface area contributed by atoms with Gasteiger partial charge in [-0.2, -0.15) is 5.10 Å². The molecule has 0 aliphatic rings. The summed E-state index contributed by atoms with van der Waals surface area (Å²) < 4.78 is 1.71. The van der Waals surface area contributed by atoms with Crippen molar-refractivity contribution in [1.82, 2.24) is 14.8 Å². The Morgan fingerprint density at radius 2 is 2.22 bits per heavy atom. The minimum absolute atomic E-state index is 0.0263. The van der Waals surface area contributed by atoms with Crippen molar-refractivity contribution in [1.29, 1.82) is 0 Å². The van der Waals surface area contributed by atoms with Gasteiger partial charge in [-0.15, -0.1) is 0 Å². The number of rotatable bonds is 4. The zero-order valence-corrected chi connectivity index (χ0v) is 10.1. The summed E-state index contributed by atoms with van der Waals surface area (Å²) in [5, 5.41) is 17.9. The van der Waals surface area contributed by atoms with Crippen molar-refractivity contribution in [2.45, 2.75) is 13.5 Å². The van der Waals surface area contributed by atoms with Gasteiger partial charge in [-0.05, 0) is 19.1 Å². The monoisotopic (exact) mass is 247 g/mol. The molecule has 2 aromatic rings. The molecule has 0 bridgehead atoms. The topological polar surface area (TPSA) is 85.9 Å². The third-order valence-corrected chi connectivity index (χ3v) is 2.47. The lowest BCUT2D eigenvalue weighted by atomic mass is 10.3. The van der Waals surface area contributed by atoms with Crippen LogP contribution in [0.25, 0.3) is 0 Å². The van der Waals surface area contributed by atoms with Crippen LogP contribution in [0.2, 0.25) is 0 Å². The van der Waals surface area contributed by atoms with E-state index < -0.39 is 4.92 Å². The van der Waals surface area contributed by atoms with E-state index in [1.807, 2.05) is 19.3 Å². The zero-order valence-electron chi connectivity index (χ0n) is 10.1. The molecular formula is C11H13N5O2. The maximum atomic E-state index is 10.6. The molecule has 2 rings (SSSR count). The first kappa shape index (κ1) is 12.0. The average molecular weight is 247 g/mol. The maximum Gasteiger partial charge on any atom is 0.290 e. The fourth-order valence-corrected chi connectivity index (χ4v) is 1.58. The van der Waals surface area contributed by atoms with Gasteiger partial charge in [0.15, 0.2) is 0 Å². The number of anilines is 1. The number of hydrogen-bond acceptors (Lipinski definition) is 5. The quantitative estimate of drug-likeness (QED) is 0.655. The molecule has 0 atom stereocenters. The molecule has 0 saturated heterocycles. The number of hydrogen-bond donors (Lipinski definition) is 1. The average Bonchev–Trinajstić information content (AvgIpc) is 2.72. The number of nitrogens with one attached hydrogen (secondary N) is 1. The third kappa shape index (κ3) is 2.62. The Morgan fingerprint density at radius 3 is 2.78 bits per heavy atom. The van der Waals surface area contributed by atoms with Crippen LogP contribution in [0.15, 0.2) is 24.4 Å². The first-order valence-corrected chi connectivity index (χ1v) is 5.40. The van der Waals surface area contributed by atoms with E-state index in [0.29, 0.717) is 18.1 Å². The van der Waals surface area contributed by atoms with Gasteiger partial charge in [0.05, 0.1) is 17.2 Å². The standard InChI is InChI=1S/C11H13N5O2/c1-8-10(16(17)18)3-4-11(13-8)12-7-9-5-6-15(2)14-9/h3-6H,7H2,1-2H3,(H,12,13). The van der Waals surface area contributed by atoms with Gasteiger partial charge in [0.2, 0.25) is 0 Å². The maximum absolute atomic E-state index is 10.6. The van der Waals surface area contributed by atoms with E-state index in [-0.39, 0.29) is 5.69 Å². The molecule has 0 aliphatic heterocycles. The molecule has 94 valence electrons. The van der Waals surface area contributed by atoms with Gasteiger partial charge in [-0.3, -0.25) is 14.8 Å². The molecular weight excluding hydrogens is 234 g/mol. The lowest BCUT2D eigenvalue weighted by Crippen LogP contribution is -2.04. The lowest BCUT2D eigenvalue weighted by Gasteiger charge is -2.04. The van der Waals surface area contributed by atoms with Crippen LogP contribution in [0.4, 0.5) is 11.5 Å². The Hall–Kier alpha value is -2.44. The highest BCUT2D eigenvalue weighted by Crippen LogP contribution is 2.17. The first-order chi connectivity index (χ1) is 8.56. The van der Waals surface area contributed by atoms with Crippen molar-refractivity contribution in [2.75, 3.05) is 5.32 Å². The van der Waals surface area contributed by atoms with E-state index in [2.05, 4.69) is 15.4 Å². The first-order valence-electron chi connectivity index (χ1n) is 5.40. The summed E-state index contributed by atoms with van der Waals surface area (Å²) in [6.07, 6.45) is 1.85. The second-order valence-electron chi connectivity index (χ2n) is 3.89. The summed E-state index contributed by atoms with van der Waals surface area (Å²) in [5.41, 5.74) is 1.31. The summed E-state index contributed by atoms with van der Waals surface area (Å²) in [5.74, 6) is 0.601. The van der Waals surface area contributed by atoms with E-state index >= 15 is 0 Å². The molecule has 0 unspecified atom stereocenters. The van der Waals surface area contributed by atoms with Gasteiger partial charge in [0.25, 0.3) is 5.69 Å². The zero-order chi connectivity index (χ0) is 13.1. The Labute approximate surface area is 104 Å². The molecule has 0 saturated carbocycles. The summed E-state index contributed by atoms with van der Waals surface area (Å²) in [7, 11) is 1.85. The molecule has 18 heavy (non-hydrogen) atoms. The summed E-state index contributed by atoms with van der Waals surface area (Å²) in [6.45, 7) is 2.15. The van der Waals surface area contributed by atoms with Gasteiger partial charge >= 0.3 is 0 Å². The largest absolute Gasteiger partial charge is 0.364 e. The second kappa shape index (κ2) is 4.82. The summed E-state index contributed by atoms with van der Waals surface area (Å²) in [6, 6.07) is 4.93. The lowest BCUT2D eigenvalue weighted by molar-refractivity contribution is -0.385. The number of nitrogens with zero attached hydrogens (tertiary/aromatic N) is 4. The van der Waals surface area contributed by atoms with Gasteiger partial charge in [0, 0.05) is 19.3 Å². The highest BCUT2D eigenvalue weighted by atomic mass is 16.6. The molecule has 7 heteroatoms. The Kier molecular flexibility index (Phi) is 3.22. The fourth-order valence-electron chi connectivity index (χ4n) is 1.58. The van der Waals surface area contributed by atoms with E-state index in [0.717, 1.165) is 5.69 Å². The van der Waals surface area contributed by atoms with Crippen LogP contribution in [0.5, 0.6) is 0 Å². The van der Waals surface area contributed by atoms with Crippen LogP contribution in [-0.4, -0.2) is 19.7 Å². The van der Waals surface area contributed by atoms with Crippen LogP contribution in [0, 0.1) is 17.0 Å². The SMILES string of the molecule is Cc1nc(NCc2ccn(C)n2)ccc1[N+](=O)[O-]. The molecule has 0 spiro atoms. The van der Waals surface area contributed by atoms with Crippen molar-refractivity contribution in [3.05, 3.63) is 45.9 Å². The predicted octanol–water partition coefficient (Wildman–Crippen LogP) is 1.64. The Morgan fingerprint density at radius 1 is 1.44 bits per heavy atom. The van der Waals surface area contributed by atoms with Crippen molar-refractivity contribution >= 4 is 11.5 Å². The van der Waals surface area contributed by atoms with Crippen LogP contribution in [-0.2, 0) is 13.6 Å². The van der Waals surface area contributed by atoms with E-state index in [1.165, 1.54) is 6.07 Å². The molecule has 1 N–H and O–H groups in total. The number of nitro groups is 1. The number of aryl methyl sites for hydroxylation is 2. The predicted molar refractivity (Wildman–Crippen MR) is 66.2 cm³/mol. The van der Waals surface area contributed by atoms with Crippen molar-refractivity contribution in [2.24, 2.45) is 7.05 Å². The summed E-state index contributed by atoms with van der Waals surface area (Å²) >= 11 is 0. The van der Waals surface area contributed by atoms with E-state index in [9.17, 15) is 10.1 Å². The number of pyridine rings is 1. The van der Waals surface area contributed by atoms with Gasteiger partial charge in [0.1, 0.15) is 11.5 Å². The molecule has 0 fully saturated rings. The van der Waals surface area contributed by atoms with E-state index in [4.69, 9.17) is 0 Å². The van der Waals surface area contributed by atoms with Crippen molar-refractivity contribution < 1.29 is 4.92 Å². The molecule has 7 nitrogen and oxygen atoms in total. The Bertz CT molecular complexity index is 579. The number of aromatic nitrogens is 3. The van der Waals surface area contributed by atoms with E-state index in [1.54, 1.807) is 17.7 Å². The Balaban J connectivity index is 2.06. The smallest absolute Gasteiger partial charge is 0.290 e. The molecule has 0 amide bonds. The molecule has 0 radical (unpaired) electrons. The molecule has 0 aromatic carbocycles. The van der Waals surface area contributed by atoms with Crippen molar-refractivity contribution in [3.8, 4) is 0 Å². The van der Waals surface area contributed by atoms with Gasteiger partial charge in [-0.25, -0.2) is 4.98 Å². The summed E-state index contributed by atoms with van der Waals surface area (Å²) in [4.78, 5) is 14.3. The van der Waals surface area contributed by atoms with Crippen molar-refractivity contribution in [3.63, 3.8) is 0 Å². The highest BCUT2D eigenvalue weighted by Gasteiger charge is 2.11. The fraction of sp³-hybridized carbons (Fsp3) is 0.273. The van der Waals surface area contributed by atoms with Crippen LogP contribution in [0.1, 0.15) is 11.4 Å².